The molecule has 4 N–H and O–H groups in total. The van der Waals surface area contributed by atoms with Gasteiger partial charge in [0, 0.05) is 26.2 Å². The summed E-state index contributed by atoms with van der Waals surface area (Å²) < 4.78 is 23.2. The van der Waals surface area contributed by atoms with Gasteiger partial charge in [-0.3, -0.25) is 28.8 Å². The van der Waals surface area contributed by atoms with Crippen LogP contribution in [0, 0.1) is 0 Å². The Morgan fingerprint density at radius 2 is 0.625 bits per heavy atom. The van der Waals surface area contributed by atoms with E-state index in [0.717, 1.165) is 24.3 Å². The number of hydrogen-bond acceptors (Lipinski definition) is 10. The topological polar surface area (TPSA) is 187 Å². The molecule has 1 rings (SSSR count). The van der Waals surface area contributed by atoms with E-state index >= 15 is 0 Å². The maximum Gasteiger partial charge on any atom is 0.270 e. The van der Waals surface area contributed by atoms with Crippen molar-refractivity contribution < 1.29 is 47.7 Å². The molecular formula is C34H48N4O10. The van der Waals surface area contributed by atoms with Gasteiger partial charge in [-0.1, -0.05) is 26.3 Å². The highest BCUT2D eigenvalue weighted by atomic mass is 16.5. The molecule has 264 valence electrons. The minimum Gasteiger partial charge on any atom is -0.486 e. The lowest BCUT2D eigenvalue weighted by Gasteiger charge is -2.24. The van der Waals surface area contributed by atoms with E-state index in [-0.39, 0.29) is 73.1 Å². The number of nitrogens with one attached hydrogen (secondary N) is 4. The van der Waals surface area contributed by atoms with E-state index in [1.807, 2.05) is 0 Å². The molecule has 0 atom stereocenters. The average molecular weight is 673 g/mol. The lowest BCUT2D eigenvalue weighted by molar-refractivity contribution is -0.127. The molecular weight excluding hydrogens is 624 g/mol. The van der Waals surface area contributed by atoms with Crippen LogP contribution in [0.25, 0.3) is 0 Å². The predicted molar refractivity (Wildman–Crippen MR) is 178 cm³/mol. The number of carbonyl (C=O) groups excluding carboxylic acids is 6. The largest absolute Gasteiger partial charge is 0.486 e. The van der Waals surface area contributed by atoms with Crippen LogP contribution < -0.4 is 21.3 Å². The maximum absolute atomic E-state index is 13.7. The Morgan fingerprint density at radius 3 is 0.812 bits per heavy atom. The zero-order valence-electron chi connectivity index (χ0n) is 27.5. The number of Topliss-reactive ketones (excluding diaryl/α,β-unsaturated/α-hetero) is 2. The van der Waals surface area contributed by atoms with E-state index in [1.54, 1.807) is 0 Å². The fourth-order valence-corrected chi connectivity index (χ4v) is 3.88. The van der Waals surface area contributed by atoms with Crippen LogP contribution in [0.2, 0.25) is 0 Å². The van der Waals surface area contributed by atoms with Crippen LogP contribution in [0.1, 0.15) is 51.4 Å². The first kappa shape index (κ1) is 40.9. The zero-order chi connectivity index (χ0) is 35.6. The Kier molecular flexibility index (Phi) is 21.3. The van der Waals surface area contributed by atoms with Crippen LogP contribution in [-0.4, -0.2) is 87.8 Å². The first-order chi connectivity index (χ1) is 23.2. The van der Waals surface area contributed by atoms with Crippen molar-refractivity contribution in [2.24, 2.45) is 0 Å². The minimum atomic E-state index is -0.726. The molecule has 0 saturated heterocycles. The third-order valence-electron chi connectivity index (χ3n) is 6.45. The Balaban J connectivity index is 3.07. The molecule has 14 heteroatoms. The van der Waals surface area contributed by atoms with Gasteiger partial charge in [0.05, 0.1) is 26.4 Å². The number of amides is 4. The van der Waals surface area contributed by atoms with Crippen LogP contribution in [0.5, 0.6) is 0 Å². The normalized spacial score (nSPS) is 12.4. The second-order valence-electron chi connectivity index (χ2n) is 10.2. The van der Waals surface area contributed by atoms with Crippen molar-refractivity contribution in [3.63, 3.8) is 0 Å². The molecule has 48 heavy (non-hydrogen) atoms. The van der Waals surface area contributed by atoms with Crippen molar-refractivity contribution in [1.29, 1.82) is 0 Å². The summed E-state index contributed by atoms with van der Waals surface area (Å²) in [6.45, 7) is 15.2. The van der Waals surface area contributed by atoms with E-state index in [9.17, 15) is 28.8 Å². The van der Waals surface area contributed by atoms with Gasteiger partial charge in [-0.2, -0.15) is 0 Å². The molecule has 0 fully saturated rings. The Hall–Kier alpha value is -5.14. The van der Waals surface area contributed by atoms with E-state index in [2.05, 4.69) is 47.6 Å². The summed E-state index contributed by atoms with van der Waals surface area (Å²) in [5.74, 6) is -3.96. The third-order valence-corrected chi connectivity index (χ3v) is 6.45. The van der Waals surface area contributed by atoms with Gasteiger partial charge in [0.15, 0.2) is 0 Å². The summed E-state index contributed by atoms with van der Waals surface area (Å²) in [5.41, 5.74) is 0. The highest BCUT2D eigenvalue weighted by molar-refractivity contribution is 6.22. The molecule has 0 aromatic heterocycles. The maximum atomic E-state index is 13.7. The molecule has 0 unspecified atom stereocenters. The summed E-state index contributed by atoms with van der Waals surface area (Å²) in [7, 11) is 0. The molecule has 0 aromatic carbocycles. The van der Waals surface area contributed by atoms with Crippen molar-refractivity contribution in [1.82, 2.24) is 21.3 Å². The van der Waals surface area contributed by atoms with Crippen molar-refractivity contribution in [3.8, 4) is 0 Å². The van der Waals surface area contributed by atoms with Gasteiger partial charge in [-0.25, -0.2) is 0 Å². The molecule has 0 aromatic rings. The molecule has 14 nitrogen and oxygen atoms in total. The predicted octanol–water partition coefficient (Wildman–Crippen LogP) is 1.96. The van der Waals surface area contributed by atoms with E-state index in [1.165, 1.54) is 0 Å². The second kappa shape index (κ2) is 25.0. The number of rotatable bonds is 28. The quantitative estimate of drug-likeness (QED) is 0.0544. The summed E-state index contributed by atoms with van der Waals surface area (Å²) in [4.78, 5) is 73.0. The van der Waals surface area contributed by atoms with Gasteiger partial charge in [-0.05, 0) is 75.7 Å². The molecule has 1 aliphatic carbocycles. The third kappa shape index (κ3) is 16.4. The van der Waals surface area contributed by atoms with E-state index in [0.29, 0.717) is 77.5 Å². The lowest BCUT2D eigenvalue weighted by atomic mass is 10.0. The van der Waals surface area contributed by atoms with Crippen molar-refractivity contribution >= 4 is 35.2 Å². The van der Waals surface area contributed by atoms with Crippen molar-refractivity contribution in [2.75, 3.05) is 52.6 Å². The molecule has 0 radical (unpaired) electrons. The Labute approximate surface area is 281 Å². The number of unbranched alkanes of at least 4 members (excludes halogenated alkanes) is 4. The van der Waals surface area contributed by atoms with Gasteiger partial charge in [-0.15, -0.1) is 0 Å². The zero-order valence-corrected chi connectivity index (χ0v) is 27.5. The van der Waals surface area contributed by atoms with Gasteiger partial charge >= 0.3 is 0 Å². The first-order valence-corrected chi connectivity index (χ1v) is 15.9. The number of ether oxygens (including phenoxy) is 4. The standard InChI is InChI=1S/C34H48N4O10/c1-5-25(39)35-17-9-13-21-45-31-29(43)33(47-23-15-11-19-37-27(41)7-3)34(48-24-16-12-20-38-28(42)8-4)30(44)32(31)46-22-14-10-18-36-26(40)6-2/h5-8H,1-4,9-24H2,(H,35,39)(H,36,40)(H,37,41)(H,38,42). The fourth-order valence-electron chi connectivity index (χ4n) is 3.88. The van der Waals surface area contributed by atoms with Gasteiger partial charge in [0.2, 0.25) is 46.7 Å². The first-order valence-electron chi connectivity index (χ1n) is 15.9. The second-order valence-corrected chi connectivity index (χ2v) is 10.2. The van der Waals surface area contributed by atoms with Crippen molar-refractivity contribution in [3.05, 3.63) is 73.7 Å². The van der Waals surface area contributed by atoms with Crippen LogP contribution >= 0.6 is 0 Å². The summed E-state index contributed by atoms with van der Waals surface area (Å²) in [6, 6.07) is 0. The number of hydrogen-bond donors (Lipinski definition) is 4. The minimum absolute atomic E-state index is 0.0433. The molecule has 0 heterocycles. The molecule has 4 amide bonds. The molecule has 0 saturated carbocycles. The van der Waals surface area contributed by atoms with Gasteiger partial charge in [0.1, 0.15) is 0 Å². The Bertz CT molecular complexity index is 1060. The summed E-state index contributed by atoms with van der Waals surface area (Å²) in [5, 5.41) is 10.6. The van der Waals surface area contributed by atoms with Crippen LogP contribution in [0.4, 0.5) is 0 Å². The molecule has 0 spiro atoms. The smallest absolute Gasteiger partial charge is 0.270 e. The average Bonchev–Trinajstić information content (AvgIpc) is 3.09. The monoisotopic (exact) mass is 672 g/mol. The SMILES string of the molecule is C=CC(=O)NCCCCOC1=C(OCCCCNC(=O)C=C)C(=O)C(OCCCCNC(=O)C=C)=C(OCCCCNC(=O)C=C)C1=O. The van der Waals surface area contributed by atoms with Gasteiger partial charge < -0.3 is 40.2 Å². The molecule has 0 aliphatic heterocycles. The van der Waals surface area contributed by atoms with Gasteiger partial charge in [0.25, 0.3) is 11.6 Å². The number of ketones is 2. The highest BCUT2D eigenvalue weighted by Gasteiger charge is 2.40. The van der Waals surface area contributed by atoms with Crippen molar-refractivity contribution in [2.45, 2.75) is 51.4 Å². The molecule has 0 bridgehead atoms. The fraction of sp³-hybridized carbons (Fsp3) is 0.471. The van der Waals surface area contributed by atoms with Crippen LogP contribution in [-0.2, 0) is 47.7 Å². The summed E-state index contributed by atoms with van der Waals surface area (Å²) in [6.07, 6.45) is 8.56. The Morgan fingerprint density at radius 1 is 0.417 bits per heavy atom. The van der Waals surface area contributed by atoms with E-state index in [4.69, 9.17) is 18.9 Å². The number of carbonyl (C=O) groups is 6. The molecule has 1 aliphatic rings. The highest BCUT2D eigenvalue weighted by Crippen LogP contribution is 2.29. The lowest BCUT2D eigenvalue weighted by Crippen LogP contribution is -2.30. The van der Waals surface area contributed by atoms with Crippen LogP contribution in [0.3, 0.4) is 0 Å². The van der Waals surface area contributed by atoms with E-state index < -0.39 is 11.6 Å². The summed E-state index contributed by atoms with van der Waals surface area (Å²) >= 11 is 0. The van der Waals surface area contributed by atoms with Crippen LogP contribution in [0.15, 0.2) is 73.7 Å².